The van der Waals surface area contributed by atoms with Crippen molar-refractivity contribution in [2.75, 3.05) is 5.73 Å². The Morgan fingerprint density at radius 3 is 2.62 bits per heavy atom. The molecule has 1 aromatic heterocycles. The number of carbonyl (C=O) groups is 2. The van der Waals surface area contributed by atoms with Crippen molar-refractivity contribution in [2.24, 2.45) is 16.6 Å². The number of hydrogen-bond donors (Lipinski definition) is 2. The van der Waals surface area contributed by atoms with Crippen LogP contribution in [0, 0.1) is 22.2 Å². The minimum Gasteiger partial charge on any atom is -0.390 e. The summed E-state index contributed by atoms with van der Waals surface area (Å²) in [5, 5.41) is 9.91. The maximum Gasteiger partial charge on any atom is 0.251 e. The standard InChI is InChI=1S/C15H17N3O2S/c1-14(4-5-14)6-15(7-16)3-2-8-9(12(17)20)13(18)21-10(8)11(15)19/h2-6,18H2,1H3,(H2,17,20). The molecule has 1 heterocycles. The van der Waals surface area contributed by atoms with E-state index in [9.17, 15) is 14.9 Å². The number of nitriles is 1. The van der Waals surface area contributed by atoms with E-state index in [1.807, 2.05) is 0 Å². The van der Waals surface area contributed by atoms with Gasteiger partial charge in [0.2, 0.25) is 0 Å². The van der Waals surface area contributed by atoms with E-state index in [0.717, 1.165) is 24.2 Å². The Bertz CT molecular complexity index is 697. The Labute approximate surface area is 126 Å². The smallest absolute Gasteiger partial charge is 0.251 e. The van der Waals surface area contributed by atoms with Crippen molar-refractivity contribution in [3.8, 4) is 6.07 Å². The number of ketones is 1. The molecule has 4 N–H and O–H groups in total. The zero-order chi connectivity index (χ0) is 15.4. The molecule has 0 aromatic carbocycles. The number of Topliss-reactive ketones (excluding diaryl/α,β-unsaturated/α-hetero) is 1. The Balaban J connectivity index is 2.05. The van der Waals surface area contributed by atoms with Crippen LogP contribution in [-0.2, 0) is 6.42 Å². The van der Waals surface area contributed by atoms with Gasteiger partial charge in [-0.1, -0.05) is 6.92 Å². The number of amides is 1. The number of nitrogen functional groups attached to an aromatic ring is 1. The number of fused-ring (bicyclic) bond motifs is 1. The minimum atomic E-state index is -0.968. The molecule has 1 amide bonds. The molecule has 21 heavy (non-hydrogen) atoms. The van der Waals surface area contributed by atoms with Gasteiger partial charge >= 0.3 is 0 Å². The molecule has 2 aliphatic carbocycles. The number of carbonyl (C=O) groups excluding carboxylic acids is 2. The maximum absolute atomic E-state index is 12.8. The van der Waals surface area contributed by atoms with Crippen molar-refractivity contribution < 1.29 is 9.59 Å². The lowest BCUT2D eigenvalue weighted by molar-refractivity contribution is 0.0800. The first-order valence-electron chi connectivity index (χ1n) is 6.99. The highest BCUT2D eigenvalue weighted by molar-refractivity contribution is 7.18. The number of hydrogen-bond acceptors (Lipinski definition) is 5. The van der Waals surface area contributed by atoms with E-state index >= 15 is 0 Å². The van der Waals surface area contributed by atoms with E-state index in [2.05, 4.69) is 13.0 Å². The third-order valence-electron chi connectivity index (χ3n) is 4.77. The second kappa shape index (κ2) is 4.31. The Morgan fingerprint density at radius 2 is 2.10 bits per heavy atom. The number of rotatable bonds is 3. The average Bonchev–Trinajstić information content (AvgIpc) is 3.03. The summed E-state index contributed by atoms with van der Waals surface area (Å²) in [7, 11) is 0. The van der Waals surface area contributed by atoms with Crippen molar-refractivity contribution in [3.05, 3.63) is 16.0 Å². The van der Waals surface area contributed by atoms with Gasteiger partial charge < -0.3 is 11.5 Å². The normalized spacial score (nSPS) is 26.0. The summed E-state index contributed by atoms with van der Waals surface area (Å²) in [4.78, 5) is 24.8. The molecular weight excluding hydrogens is 286 g/mol. The SMILES string of the molecule is CC1(CC2(C#N)CCc3c(sc(N)c3C(N)=O)C2=O)CC1. The van der Waals surface area contributed by atoms with Crippen molar-refractivity contribution >= 4 is 28.0 Å². The number of thiophene rings is 1. The quantitative estimate of drug-likeness (QED) is 0.892. The fourth-order valence-corrected chi connectivity index (χ4v) is 4.44. The van der Waals surface area contributed by atoms with Crippen molar-refractivity contribution in [3.63, 3.8) is 0 Å². The van der Waals surface area contributed by atoms with Gasteiger partial charge in [0.05, 0.1) is 21.5 Å². The molecular formula is C15H17N3O2S. The van der Waals surface area contributed by atoms with Crippen molar-refractivity contribution in [2.45, 2.75) is 39.0 Å². The van der Waals surface area contributed by atoms with Gasteiger partial charge in [0.1, 0.15) is 5.41 Å². The summed E-state index contributed by atoms with van der Waals surface area (Å²) in [6.07, 6.45) is 3.68. The zero-order valence-corrected chi connectivity index (χ0v) is 12.7. The van der Waals surface area contributed by atoms with Crippen LogP contribution in [0.2, 0.25) is 0 Å². The molecule has 0 radical (unpaired) electrons. The predicted octanol–water partition coefficient (Wildman–Crippen LogP) is 2.26. The molecule has 0 spiro atoms. The van der Waals surface area contributed by atoms with Crippen LogP contribution >= 0.6 is 11.3 Å². The van der Waals surface area contributed by atoms with Gasteiger partial charge in [-0.2, -0.15) is 5.26 Å². The van der Waals surface area contributed by atoms with E-state index in [4.69, 9.17) is 11.5 Å². The molecule has 2 aliphatic rings. The molecule has 0 bridgehead atoms. The molecule has 1 aromatic rings. The van der Waals surface area contributed by atoms with Gasteiger partial charge in [-0.15, -0.1) is 11.3 Å². The van der Waals surface area contributed by atoms with Crippen LogP contribution in [0.4, 0.5) is 5.00 Å². The summed E-state index contributed by atoms with van der Waals surface area (Å²) in [5.41, 5.74) is 11.2. The molecule has 0 aliphatic heterocycles. The molecule has 0 saturated heterocycles. The van der Waals surface area contributed by atoms with Crippen molar-refractivity contribution in [1.29, 1.82) is 5.26 Å². The second-order valence-electron chi connectivity index (χ2n) is 6.52. The third kappa shape index (κ3) is 2.04. The predicted molar refractivity (Wildman–Crippen MR) is 79.9 cm³/mol. The average molecular weight is 303 g/mol. The Morgan fingerprint density at radius 1 is 1.43 bits per heavy atom. The minimum absolute atomic E-state index is 0.109. The number of nitrogens with zero attached hydrogens (tertiary/aromatic N) is 1. The summed E-state index contributed by atoms with van der Waals surface area (Å²) < 4.78 is 0. The van der Waals surface area contributed by atoms with Gasteiger partial charge in [-0.05, 0) is 43.1 Å². The summed E-state index contributed by atoms with van der Waals surface area (Å²) in [6, 6.07) is 2.26. The van der Waals surface area contributed by atoms with Gasteiger partial charge in [0, 0.05) is 0 Å². The maximum atomic E-state index is 12.8. The molecule has 1 unspecified atom stereocenters. The highest BCUT2D eigenvalue weighted by Crippen LogP contribution is 2.56. The highest BCUT2D eigenvalue weighted by atomic mass is 32.1. The van der Waals surface area contributed by atoms with Gasteiger partial charge in [0.25, 0.3) is 5.91 Å². The molecule has 1 fully saturated rings. The summed E-state index contributed by atoms with van der Waals surface area (Å²) in [5.74, 6) is -0.778. The first kappa shape index (κ1) is 14.1. The van der Waals surface area contributed by atoms with Crippen LogP contribution in [0.1, 0.15) is 58.2 Å². The Hall–Kier alpha value is -1.87. The van der Waals surface area contributed by atoms with Crippen LogP contribution in [0.3, 0.4) is 0 Å². The van der Waals surface area contributed by atoms with Gasteiger partial charge in [0.15, 0.2) is 5.78 Å². The summed E-state index contributed by atoms with van der Waals surface area (Å²) in [6.45, 7) is 2.12. The van der Waals surface area contributed by atoms with Crippen LogP contribution in [0.25, 0.3) is 0 Å². The van der Waals surface area contributed by atoms with Crippen molar-refractivity contribution in [1.82, 2.24) is 0 Å². The highest BCUT2D eigenvalue weighted by Gasteiger charge is 2.52. The molecule has 1 saturated carbocycles. The fraction of sp³-hybridized carbons (Fsp3) is 0.533. The monoisotopic (exact) mass is 303 g/mol. The van der Waals surface area contributed by atoms with E-state index in [0.29, 0.717) is 29.7 Å². The van der Waals surface area contributed by atoms with E-state index in [1.54, 1.807) is 0 Å². The van der Waals surface area contributed by atoms with Crippen LogP contribution in [-0.4, -0.2) is 11.7 Å². The van der Waals surface area contributed by atoms with E-state index in [1.165, 1.54) is 0 Å². The lowest BCUT2D eigenvalue weighted by Gasteiger charge is -2.31. The molecule has 1 atom stereocenters. The number of anilines is 1. The summed E-state index contributed by atoms with van der Waals surface area (Å²) >= 11 is 1.09. The van der Waals surface area contributed by atoms with Gasteiger partial charge in [-0.25, -0.2) is 0 Å². The van der Waals surface area contributed by atoms with Gasteiger partial charge in [-0.3, -0.25) is 9.59 Å². The zero-order valence-electron chi connectivity index (χ0n) is 11.9. The molecule has 3 rings (SSSR count). The topological polar surface area (TPSA) is 110 Å². The Kier molecular flexibility index (Phi) is 2.89. The molecule has 5 nitrogen and oxygen atoms in total. The first-order chi connectivity index (χ1) is 9.82. The largest absolute Gasteiger partial charge is 0.390 e. The second-order valence-corrected chi connectivity index (χ2v) is 7.58. The van der Waals surface area contributed by atoms with E-state index < -0.39 is 11.3 Å². The number of primary amides is 1. The first-order valence-corrected chi connectivity index (χ1v) is 7.81. The van der Waals surface area contributed by atoms with Crippen LogP contribution in [0.5, 0.6) is 0 Å². The fourth-order valence-electron chi connectivity index (χ4n) is 3.28. The van der Waals surface area contributed by atoms with Crippen LogP contribution in [0.15, 0.2) is 0 Å². The molecule has 6 heteroatoms. The lowest BCUT2D eigenvalue weighted by Crippen LogP contribution is -2.36. The number of nitrogens with two attached hydrogens (primary N) is 2. The third-order valence-corrected chi connectivity index (χ3v) is 5.83. The lowest BCUT2D eigenvalue weighted by atomic mass is 9.68. The molecule has 110 valence electrons. The van der Waals surface area contributed by atoms with E-state index in [-0.39, 0.29) is 21.8 Å². The van der Waals surface area contributed by atoms with Crippen LogP contribution < -0.4 is 11.5 Å².